The summed E-state index contributed by atoms with van der Waals surface area (Å²) in [5.41, 5.74) is 0.894. The number of rotatable bonds is 2. The minimum absolute atomic E-state index is 0.123. The van der Waals surface area contributed by atoms with Gasteiger partial charge in [0.2, 0.25) is 5.79 Å². The third-order valence-electron chi connectivity index (χ3n) is 4.18. The Bertz CT molecular complexity index is 457. The Balaban J connectivity index is 2.01. The van der Waals surface area contributed by atoms with E-state index in [-0.39, 0.29) is 10.2 Å². The molecule has 1 aromatic carbocycles. The molecular weight excluding hydrogens is 288 g/mol. The first kappa shape index (κ1) is 14.8. The second-order valence-corrected chi connectivity index (χ2v) is 8.96. The topological polar surface area (TPSA) is 29.5 Å². The van der Waals surface area contributed by atoms with Crippen molar-refractivity contribution in [2.24, 2.45) is 5.92 Å². The van der Waals surface area contributed by atoms with Gasteiger partial charge in [-0.3, -0.25) is 0 Å². The molecule has 20 heavy (non-hydrogen) atoms. The summed E-state index contributed by atoms with van der Waals surface area (Å²) in [6.07, 6.45) is 2.26. The average molecular weight is 310 g/mol. The van der Waals surface area contributed by atoms with Gasteiger partial charge in [0.25, 0.3) is 0 Å². The molecule has 2 aliphatic heterocycles. The lowest BCUT2D eigenvalue weighted by molar-refractivity contribution is -0.208. The normalized spacial score (nSPS) is 32.9. The largest absolute Gasteiger partial charge is 0.360 e. The van der Waals surface area contributed by atoms with Crippen molar-refractivity contribution >= 4 is 23.5 Å². The zero-order valence-corrected chi connectivity index (χ0v) is 13.7. The van der Waals surface area contributed by atoms with Gasteiger partial charge in [-0.2, -0.15) is 0 Å². The standard InChI is InChI=1S/C16H22O2S2/c1-12(2)14-11-15(19-9-6-10-20-15)16(17,18-14)13-7-4-3-5-8-13/h3-5,7-8,12,14,17H,6,9-11H2,1-2H3. The summed E-state index contributed by atoms with van der Waals surface area (Å²) in [6.45, 7) is 4.35. The van der Waals surface area contributed by atoms with E-state index in [1.807, 2.05) is 53.9 Å². The van der Waals surface area contributed by atoms with Gasteiger partial charge in [-0.1, -0.05) is 44.2 Å². The molecule has 0 aromatic heterocycles. The fraction of sp³-hybridized carbons (Fsp3) is 0.625. The predicted molar refractivity (Wildman–Crippen MR) is 86.9 cm³/mol. The molecule has 4 heteroatoms. The molecule has 1 spiro atoms. The Kier molecular flexibility index (Phi) is 4.10. The Hall–Kier alpha value is -0.160. The highest BCUT2D eigenvalue weighted by molar-refractivity contribution is 8.18. The molecule has 2 fully saturated rings. The van der Waals surface area contributed by atoms with Crippen molar-refractivity contribution in [3.05, 3.63) is 35.9 Å². The van der Waals surface area contributed by atoms with Crippen molar-refractivity contribution in [2.45, 2.75) is 42.7 Å². The number of ether oxygens (including phenoxy) is 1. The molecule has 2 nitrogen and oxygen atoms in total. The van der Waals surface area contributed by atoms with Crippen molar-refractivity contribution in [3.8, 4) is 0 Å². The number of thioether (sulfide) groups is 2. The Labute approximate surface area is 129 Å². The van der Waals surface area contributed by atoms with Crippen molar-refractivity contribution in [2.75, 3.05) is 11.5 Å². The fourth-order valence-corrected chi connectivity index (χ4v) is 6.51. The molecule has 2 saturated heterocycles. The molecule has 1 aromatic rings. The monoisotopic (exact) mass is 310 g/mol. The summed E-state index contributed by atoms with van der Waals surface area (Å²) in [7, 11) is 0. The van der Waals surface area contributed by atoms with Crippen LogP contribution in [0, 0.1) is 5.92 Å². The number of hydrogen-bond donors (Lipinski definition) is 1. The maximum absolute atomic E-state index is 11.4. The molecular formula is C16H22O2S2. The first-order valence-electron chi connectivity index (χ1n) is 7.31. The lowest BCUT2D eigenvalue weighted by Gasteiger charge is -2.42. The molecule has 1 N–H and O–H groups in total. The minimum Gasteiger partial charge on any atom is -0.360 e. The summed E-state index contributed by atoms with van der Waals surface area (Å²) >= 11 is 3.77. The molecule has 2 aliphatic rings. The van der Waals surface area contributed by atoms with Crippen LogP contribution in [-0.2, 0) is 10.5 Å². The lowest BCUT2D eigenvalue weighted by atomic mass is 9.99. The van der Waals surface area contributed by atoms with Crippen LogP contribution in [0.5, 0.6) is 0 Å². The second kappa shape index (κ2) is 5.56. The quantitative estimate of drug-likeness (QED) is 0.898. The van der Waals surface area contributed by atoms with Crippen LogP contribution in [0.3, 0.4) is 0 Å². The first-order chi connectivity index (χ1) is 9.57. The molecule has 2 atom stereocenters. The average Bonchev–Trinajstić information content (AvgIpc) is 2.75. The SMILES string of the molecule is CC(C)C1CC2(SCCCS2)C(O)(c2ccccc2)O1. The van der Waals surface area contributed by atoms with Crippen molar-refractivity contribution < 1.29 is 9.84 Å². The molecule has 3 rings (SSSR count). The highest BCUT2D eigenvalue weighted by Gasteiger charge is 2.61. The van der Waals surface area contributed by atoms with Gasteiger partial charge in [0.05, 0.1) is 6.10 Å². The highest BCUT2D eigenvalue weighted by atomic mass is 32.2. The van der Waals surface area contributed by atoms with Crippen LogP contribution in [0.25, 0.3) is 0 Å². The van der Waals surface area contributed by atoms with Crippen molar-refractivity contribution in [1.29, 1.82) is 0 Å². The van der Waals surface area contributed by atoms with Gasteiger partial charge in [0.15, 0.2) is 0 Å². The van der Waals surface area contributed by atoms with E-state index in [1.54, 1.807) is 0 Å². The summed E-state index contributed by atoms with van der Waals surface area (Å²) in [5.74, 6) is 1.47. The van der Waals surface area contributed by atoms with Crippen LogP contribution >= 0.6 is 23.5 Å². The molecule has 0 bridgehead atoms. The van der Waals surface area contributed by atoms with Gasteiger partial charge in [-0.05, 0) is 23.8 Å². The van der Waals surface area contributed by atoms with E-state index in [1.165, 1.54) is 6.42 Å². The predicted octanol–water partition coefficient (Wildman–Crippen LogP) is 3.84. The van der Waals surface area contributed by atoms with Crippen LogP contribution in [0.15, 0.2) is 30.3 Å². The molecule has 2 heterocycles. The van der Waals surface area contributed by atoms with E-state index >= 15 is 0 Å². The maximum atomic E-state index is 11.4. The molecule has 0 radical (unpaired) electrons. The highest BCUT2D eigenvalue weighted by Crippen LogP contribution is 2.61. The lowest BCUT2D eigenvalue weighted by Crippen LogP contribution is -2.45. The van der Waals surface area contributed by atoms with Crippen LogP contribution in [-0.4, -0.2) is 26.8 Å². The van der Waals surface area contributed by atoms with Gasteiger partial charge < -0.3 is 9.84 Å². The first-order valence-corrected chi connectivity index (χ1v) is 9.28. The third-order valence-corrected chi connectivity index (χ3v) is 7.69. The van der Waals surface area contributed by atoms with Gasteiger partial charge >= 0.3 is 0 Å². The van der Waals surface area contributed by atoms with Crippen LogP contribution < -0.4 is 0 Å². The minimum atomic E-state index is -1.17. The van der Waals surface area contributed by atoms with Crippen LogP contribution in [0.1, 0.15) is 32.3 Å². The van der Waals surface area contributed by atoms with Gasteiger partial charge in [0, 0.05) is 12.0 Å². The summed E-state index contributed by atoms with van der Waals surface area (Å²) in [4.78, 5) is 0. The van der Waals surface area contributed by atoms with E-state index in [0.717, 1.165) is 23.5 Å². The van der Waals surface area contributed by atoms with E-state index in [9.17, 15) is 5.11 Å². The molecule has 0 saturated carbocycles. The van der Waals surface area contributed by atoms with Crippen LogP contribution in [0.2, 0.25) is 0 Å². The number of hydrogen-bond acceptors (Lipinski definition) is 4. The number of benzene rings is 1. The maximum Gasteiger partial charge on any atom is 0.217 e. The van der Waals surface area contributed by atoms with E-state index in [0.29, 0.717) is 5.92 Å². The third kappa shape index (κ3) is 2.31. The van der Waals surface area contributed by atoms with Crippen molar-refractivity contribution in [1.82, 2.24) is 0 Å². The Morgan fingerprint density at radius 1 is 1.20 bits per heavy atom. The zero-order valence-electron chi connectivity index (χ0n) is 12.0. The van der Waals surface area contributed by atoms with Gasteiger partial charge in [-0.25, -0.2) is 0 Å². The molecule has 0 aliphatic carbocycles. The smallest absolute Gasteiger partial charge is 0.217 e. The van der Waals surface area contributed by atoms with Gasteiger partial charge in [0.1, 0.15) is 4.08 Å². The van der Waals surface area contributed by atoms with Crippen molar-refractivity contribution in [3.63, 3.8) is 0 Å². The summed E-state index contributed by atoms with van der Waals surface area (Å²) in [5, 5.41) is 11.4. The van der Waals surface area contributed by atoms with Gasteiger partial charge in [-0.15, -0.1) is 23.5 Å². The van der Waals surface area contributed by atoms with E-state index in [4.69, 9.17) is 4.74 Å². The Morgan fingerprint density at radius 3 is 2.45 bits per heavy atom. The summed E-state index contributed by atoms with van der Waals surface area (Å²) in [6, 6.07) is 9.91. The van der Waals surface area contributed by atoms with E-state index < -0.39 is 5.79 Å². The Morgan fingerprint density at radius 2 is 1.85 bits per heavy atom. The molecule has 110 valence electrons. The van der Waals surface area contributed by atoms with Crippen LogP contribution in [0.4, 0.5) is 0 Å². The molecule has 2 unspecified atom stereocenters. The van der Waals surface area contributed by atoms with E-state index in [2.05, 4.69) is 13.8 Å². The number of aliphatic hydroxyl groups is 1. The summed E-state index contributed by atoms with van der Waals surface area (Å²) < 4.78 is 5.96. The molecule has 0 amide bonds. The fourth-order valence-electron chi connectivity index (χ4n) is 2.97. The zero-order chi connectivity index (χ0) is 14.2. The second-order valence-electron chi connectivity index (χ2n) is 5.92.